The van der Waals surface area contributed by atoms with E-state index < -0.39 is 6.04 Å². The Hall–Kier alpha value is -2.04. The molecule has 2 amide bonds. The smallest absolute Gasteiger partial charge is 0.242 e. The summed E-state index contributed by atoms with van der Waals surface area (Å²) >= 11 is 12.2. The number of carbonyl (C=O) groups is 2. The highest BCUT2D eigenvalue weighted by molar-refractivity contribution is 6.42. The fraction of sp³-hybridized carbons (Fsp3) is 0.417. The summed E-state index contributed by atoms with van der Waals surface area (Å²) in [6.45, 7) is 8.05. The molecule has 0 heterocycles. The first kappa shape index (κ1) is 24.2. The van der Waals surface area contributed by atoms with Crippen LogP contribution in [0.3, 0.4) is 0 Å². The van der Waals surface area contributed by atoms with Crippen molar-refractivity contribution in [2.24, 2.45) is 0 Å². The molecular weight excluding hydrogens is 419 g/mol. The van der Waals surface area contributed by atoms with Gasteiger partial charge in [0.15, 0.2) is 0 Å². The molecule has 0 saturated heterocycles. The standard InChI is InChI=1S/C24H30Cl2N2O2/c1-5-17(3)27-24(30)18(4)28(15-20-10-12-21(25)22(26)14-20)23(29)13-11-19-8-6-16(2)7-9-19/h6-10,12,14,17-18H,5,11,13,15H2,1-4H3,(H,27,30). The Morgan fingerprint density at radius 2 is 1.63 bits per heavy atom. The van der Waals surface area contributed by atoms with Crippen LogP contribution in [0.4, 0.5) is 0 Å². The van der Waals surface area contributed by atoms with Gasteiger partial charge in [-0.05, 0) is 56.9 Å². The van der Waals surface area contributed by atoms with E-state index in [2.05, 4.69) is 5.32 Å². The van der Waals surface area contributed by atoms with Crippen LogP contribution in [0.15, 0.2) is 42.5 Å². The Labute approximate surface area is 189 Å². The van der Waals surface area contributed by atoms with E-state index in [-0.39, 0.29) is 17.9 Å². The number of halogens is 2. The van der Waals surface area contributed by atoms with Crippen LogP contribution in [0.2, 0.25) is 10.0 Å². The molecule has 2 aromatic carbocycles. The molecule has 0 aromatic heterocycles. The van der Waals surface area contributed by atoms with E-state index in [1.165, 1.54) is 5.56 Å². The molecule has 0 aliphatic heterocycles. The zero-order chi connectivity index (χ0) is 22.3. The Balaban J connectivity index is 2.17. The molecule has 0 aliphatic carbocycles. The zero-order valence-corrected chi connectivity index (χ0v) is 19.6. The van der Waals surface area contributed by atoms with E-state index in [0.717, 1.165) is 17.5 Å². The first-order valence-corrected chi connectivity index (χ1v) is 11.1. The average Bonchev–Trinajstić information content (AvgIpc) is 2.73. The summed E-state index contributed by atoms with van der Waals surface area (Å²) in [5, 5.41) is 3.86. The Morgan fingerprint density at radius 1 is 1.00 bits per heavy atom. The number of benzene rings is 2. The van der Waals surface area contributed by atoms with Crippen LogP contribution in [0.25, 0.3) is 0 Å². The summed E-state index contributed by atoms with van der Waals surface area (Å²) in [5.74, 6) is -0.235. The lowest BCUT2D eigenvalue weighted by Gasteiger charge is -2.30. The Kier molecular flexibility index (Phi) is 9.19. The van der Waals surface area contributed by atoms with Gasteiger partial charge in [-0.2, -0.15) is 0 Å². The van der Waals surface area contributed by atoms with Gasteiger partial charge >= 0.3 is 0 Å². The van der Waals surface area contributed by atoms with Crippen LogP contribution in [0.1, 0.15) is 50.3 Å². The summed E-state index contributed by atoms with van der Waals surface area (Å²) < 4.78 is 0. The normalized spacial score (nSPS) is 12.9. The summed E-state index contributed by atoms with van der Waals surface area (Å²) in [5.41, 5.74) is 3.11. The Bertz CT molecular complexity index is 868. The number of hydrogen-bond donors (Lipinski definition) is 1. The van der Waals surface area contributed by atoms with Crippen molar-refractivity contribution < 1.29 is 9.59 Å². The molecule has 0 aliphatic rings. The monoisotopic (exact) mass is 448 g/mol. The van der Waals surface area contributed by atoms with E-state index in [1.807, 2.05) is 51.1 Å². The number of hydrogen-bond acceptors (Lipinski definition) is 2. The van der Waals surface area contributed by atoms with Crippen LogP contribution < -0.4 is 5.32 Å². The van der Waals surface area contributed by atoms with E-state index in [4.69, 9.17) is 23.2 Å². The molecule has 0 bridgehead atoms. The first-order chi connectivity index (χ1) is 14.2. The predicted molar refractivity (Wildman–Crippen MR) is 124 cm³/mol. The molecule has 162 valence electrons. The minimum absolute atomic E-state index is 0.0504. The van der Waals surface area contributed by atoms with Gasteiger partial charge in [0, 0.05) is 19.0 Å². The van der Waals surface area contributed by atoms with Crippen LogP contribution in [-0.2, 0) is 22.6 Å². The van der Waals surface area contributed by atoms with Crippen molar-refractivity contribution in [1.82, 2.24) is 10.2 Å². The molecule has 0 spiro atoms. The molecule has 2 unspecified atom stereocenters. The van der Waals surface area contributed by atoms with Gasteiger partial charge in [-0.25, -0.2) is 0 Å². The van der Waals surface area contributed by atoms with Gasteiger partial charge < -0.3 is 10.2 Å². The van der Waals surface area contributed by atoms with Crippen molar-refractivity contribution in [1.29, 1.82) is 0 Å². The lowest BCUT2D eigenvalue weighted by Crippen LogP contribution is -2.49. The second-order valence-electron chi connectivity index (χ2n) is 7.75. The predicted octanol–water partition coefficient (Wildman–Crippen LogP) is 5.57. The quantitative estimate of drug-likeness (QED) is 0.545. The molecular formula is C24H30Cl2N2O2. The van der Waals surface area contributed by atoms with Gasteiger partial charge in [-0.1, -0.05) is 66.0 Å². The SMILES string of the molecule is CCC(C)NC(=O)C(C)N(Cc1ccc(Cl)c(Cl)c1)C(=O)CCc1ccc(C)cc1. The first-order valence-electron chi connectivity index (χ1n) is 10.3. The molecule has 0 fully saturated rings. The highest BCUT2D eigenvalue weighted by Gasteiger charge is 2.26. The van der Waals surface area contributed by atoms with E-state index in [1.54, 1.807) is 24.0 Å². The van der Waals surface area contributed by atoms with Crippen molar-refractivity contribution in [3.8, 4) is 0 Å². The van der Waals surface area contributed by atoms with E-state index >= 15 is 0 Å². The number of nitrogens with one attached hydrogen (secondary N) is 1. The van der Waals surface area contributed by atoms with Gasteiger partial charge in [0.25, 0.3) is 0 Å². The molecule has 6 heteroatoms. The van der Waals surface area contributed by atoms with Gasteiger partial charge in [0.05, 0.1) is 10.0 Å². The molecule has 2 rings (SSSR count). The highest BCUT2D eigenvalue weighted by atomic mass is 35.5. The van der Waals surface area contributed by atoms with Gasteiger partial charge in [-0.15, -0.1) is 0 Å². The number of rotatable bonds is 9. The third-order valence-electron chi connectivity index (χ3n) is 5.25. The summed E-state index contributed by atoms with van der Waals surface area (Å²) in [6.07, 6.45) is 1.77. The molecule has 2 aromatic rings. The van der Waals surface area contributed by atoms with Crippen molar-refractivity contribution in [2.75, 3.05) is 0 Å². The van der Waals surface area contributed by atoms with Crippen molar-refractivity contribution in [3.63, 3.8) is 0 Å². The zero-order valence-electron chi connectivity index (χ0n) is 18.0. The van der Waals surface area contributed by atoms with Crippen molar-refractivity contribution in [2.45, 2.75) is 65.6 Å². The van der Waals surface area contributed by atoms with E-state index in [0.29, 0.717) is 29.4 Å². The maximum Gasteiger partial charge on any atom is 0.242 e. The second-order valence-corrected chi connectivity index (χ2v) is 8.56. The highest BCUT2D eigenvalue weighted by Crippen LogP contribution is 2.24. The van der Waals surface area contributed by atoms with Crippen LogP contribution in [0.5, 0.6) is 0 Å². The lowest BCUT2D eigenvalue weighted by atomic mass is 10.1. The largest absolute Gasteiger partial charge is 0.352 e. The molecule has 1 N–H and O–H groups in total. The molecule has 4 nitrogen and oxygen atoms in total. The van der Waals surface area contributed by atoms with Crippen molar-refractivity contribution >= 4 is 35.0 Å². The maximum atomic E-state index is 13.1. The van der Waals surface area contributed by atoms with Crippen LogP contribution >= 0.6 is 23.2 Å². The molecule has 0 radical (unpaired) electrons. The topological polar surface area (TPSA) is 49.4 Å². The number of amides is 2. The lowest BCUT2D eigenvalue weighted by molar-refractivity contribution is -0.140. The minimum atomic E-state index is -0.598. The van der Waals surface area contributed by atoms with Gasteiger partial charge in [0.2, 0.25) is 11.8 Å². The summed E-state index contributed by atoms with van der Waals surface area (Å²) in [4.78, 5) is 27.5. The van der Waals surface area contributed by atoms with Gasteiger partial charge in [0.1, 0.15) is 6.04 Å². The number of carbonyl (C=O) groups excluding carboxylic acids is 2. The maximum absolute atomic E-state index is 13.1. The summed E-state index contributed by atoms with van der Waals surface area (Å²) in [7, 11) is 0. The third kappa shape index (κ3) is 7.03. The van der Waals surface area contributed by atoms with Crippen LogP contribution in [0, 0.1) is 6.92 Å². The van der Waals surface area contributed by atoms with Crippen LogP contribution in [-0.4, -0.2) is 28.8 Å². The van der Waals surface area contributed by atoms with Crippen molar-refractivity contribution in [3.05, 3.63) is 69.2 Å². The Morgan fingerprint density at radius 3 is 2.23 bits per heavy atom. The fourth-order valence-corrected chi connectivity index (χ4v) is 3.35. The number of nitrogens with zero attached hydrogens (tertiary/aromatic N) is 1. The molecule has 0 saturated carbocycles. The summed E-state index contributed by atoms with van der Waals surface area (Å²) in [6, 6.07) is 12.9. The molecule has 2 atom stereocenters. The average molecular weight is 449 g/mol. The number of aryl methyl sites for hydroxylation is 2. The third-order valence-corrected chi connectivity index (χ3v) is 5.99. The minimum Gasteiger partial charge on any atom is -0.352 e. The second kappa shape index (κ2) is 11.4. The van der Waals surface area contributed by atoms with E-state index in [9.17, 15) is 9.59 Å². The molecule has 30 heavy (non-hydrogen) atoms. The fourth-order valence-electron chi connectivity index (χ4n) is 3.03. The van der Waals surface area contributed by atoms with Gasteiger partial charge in [-0.3, -0.25) is 9.59 Å².